The lowest BCUT2D eigenvalue weighted by molar-refractivity contribution is 0.213. The van der Waals surface area contributed by atoms with Crippen molar-refractivity contribution in [3.63, 3.8) is 0 Å². The van der Waals surface area contributed by atoms with Gasteiger partial charge in [0.05, 0.1) is 7.11 Å². The average molecular weight is 335 g/mol. The normalized spacial score (nSPS) is 19.8. The predicted octanol–water partition coefficient (Wildman–Crippen LogP) is 4.25. The Morgan fingerprint density at radius 1 is 1.00 bits per heavy atom. The van der Waals surface area contributed by atoms with Crippen molar-refractivity contribution in [1.82, 2.24) is 4.90 Å². The van der Waals surface area contributed by atoms with Gasteiger partial charge in [-0.15, -0.1) is 0 Å². The van der Waals surface area contributed by atoms with Crippen molar-refractivity contribution in [3.05, 3.63) is 64.2 Å². The van der Waals surface area contributed by atoms with E-state index in [0.717, 1.165) is 47.6 Å². The number of aliphatic hydroxyl groups excluding tert-OH is 1. The summed E-state index contributed by atoms with van der Waals surface area (Å²) in [7, 11) is 1.73. The molecule has 1 aliphatic carbocycles. The van der Waals surface area contributed by atoms with Gasteiger partial charge in [-0.25, -0.2) is 0 Å². The van der Waals surface area contributed by atoms with E-state index in [2.05, 4.69) is 23.1 Å². The first kappa shape index (κ1) is 16.4. The number of methoxy groups -OCH3 is 1. The Balaban J connectivity index is 1.79. The number of benzene rings is 2. The van der Waals surface area contributed by atoms with Crippen LogP contribution in [0.15, 0.2) is 36.4 Å². The molecule has 0 radical (unpaired) electrons. The number of likely N-dealkylation sites (tertiary alicyclic amines) is 1. The Morgan fingerprint density at radius 2 is 1.80 bits per heavy atom. The molecule has 4 rings (SSSR count). The van der Waals surface area contributed by atoms with Gasteiger partial charge in [-0.05, 0) is 54.3 Å². The third kappa shape index (κ3) is 3.10. The Kier molecular flexibility index (Phi) is 4.60. The molecule has 25 heavy (non-hydrogen) atoms. The average Bonchev–Trinajstić information content (AvgIpc) is 2.81. The van der Waals surface area contributed by atoms with Gasteiger partial charge in [-0.3, -0.25) is 4.90 Å². The summed E-state index contributed by atoms with van der Waals surface area (Å²) in [5.74, 6) is 0.909. The molecule has 130 valence electrons. The van der Waals surface area contributed by atoms with Crippen LogP contribution in [0.2, 0.25) is 0 Å². The van der Waals surface area contributed by atoms with Crippen LogP contribution in [-0.2, 0) is 6.54 Å². The first-order chi connectivity index (χ1) is 12.3. The first-order valence-electron chi connectivity index (χ1n) is 9.15. The molecule has 2 aliphatic rings. The van der Waals surface area contributed by atoms with Crippen molar-refractivity contribution in [3.8, 4) is 5.75 Å². The van der Waals surface area contributed by atoms with Crippen LogP contribution in [-0.4, -0.2) is 30.2 Å². The maximum Gasteiger partial charge on any atom is 0.123 e. The SMILES string of the molecule is COc1ccc2c(c1CN1CCCCC1)C=Cc1ccccc1C2O. The number of piperidine rings is 1. The Hall–Kier alpha value is -2.10. The largest absolute Gasteiger partial charge is 0.496 e. The molecular weight excluding hydrogens is 310 g/mol. The first-order valence-corrected chi connectivity index (χ1v) is 9.15. The monoisotopic (exact) mass is 335 g/mol. The van der Waals surface area contributed by atoms with Crippen LogP contribution in [0.5, 0.6) is 5.75 Å². The van der Waals surface area contributed by atoms with Crippen molar-refractivity contribution < 1.29 is 9.84 Å². The number of rotatable bonds is 3. The van der Waals surface area contributed by atoms with E-state index in [9.17, 15) is 5.11 Å². The van der Waals surface area contributed by atoms with Crippen molar-refractivity contribution in [1.29, 1.82) is 0 Å². The summed E-state index contributed by atoms with van der Waals surface area (Å²) in [6.45, 7) is 3.15. The van der Waals surface area contributed by atoms with Crippen LogP contribution in [0.4, 0.5) is 0 Å². The van der Waals surface area contributed by atoms with Gasteiger partial charge in [0.2, 0.25) is 0 Å². The molecule has 1 fully saturated rings. The van der Waals surface area contributed by atoms with E-state index in [1.165, 1.54) is 24.8 Å². The maximum atomic E-state index is 11.0. The minimum Gasteiger partial charge on any atom is -0.496 e. The third-order valence-corrected chi connectivity index (χ3v) is 5.41. The zero-order chi connectivity index (χ0) is 17.2. The van der Waals surface area contributed by atoms with E-state index in [-0.39, 0.29) is 0 Å². The quantitative estimate of drug-likeness (QED) is 0.910. The minimum atomic E-state index is -0.604. The highest BCUT2D eigenvalue weighted by Gasteiger charge is 2.24. The van der Waals surface area contributed by atoms with Crippen molar-refractivity contribution in [2.75, 3.05) is 20.2 Å². The van der Waals surface area contributed by atoms with Gasteiger partial charge in [0, 0.05) is 12.1 Å². The summed E-state index contributed by atoms with van der Waals surface area (Å²) in [5, 5.41) is 11.0. The second kappa shape index (κ2) is 7.03. The summed E-state index contributed by atoms with van der Waals surface area (Å²) >= 11 is 0. The van der Waals surface area contributed by atoms with Gasteiger partial charge < -0.3 is 9.84 Å². The lowest BCUT2D eigenvalue weighted by Gasteiger charge is -2.28. The van der Waals surface area contributed by atoms with E-state index >= 15 is 0 Å². The molecule has 1 atom stereocenters. The molecule has 3 heteroatoms. The number of aliphatic hydroxyl groups is 1. The highest BCUT2D eigenvalue weighted by molar-refractivity contribution is 5.78. The summed E-state index contributed by atoms with van der Waals surface area (Å²) in [6.07, 6.45) is 7.51. The fraction of sp³-hybridized carbons (Fsp3) is 0.364. The molecule has 1 saturated heterocycles. The smallest absolute Gasteiger partial charge is 0.123 e. The van der Waals surface area contributed by atoms with Crippen LogP contribution in [0.1, 0.15) is 53.2 Å². The fourth-order valence-electron chi connectivity index (χ4n) is 4.05. The number of hydrogen-bond acceptors (Lipinski definition) is 3. The predicted molar refractivity (Wildman–Crippen MR) is 102 cm³/mol. The van der Waals surface area contributed by atoms with Gasteiger partial charge in [0.1, 0.15) is 11.9 Å². The van der Waals surface area contributed by atoms with Gasteiger partial charge in [-0.2, -0.15) is 0 Å². The van der Waals surface area contributed by atoms with Crippen LogP contribution < -0.4 is 4.74 Å². The van der Waals surface area contributed by atoms with E-state index in [1.807, 2.05) is 30.3 Å². The molecule has 1 aliphatic heterocycles. The summed E-state index contributed by atoms with van der Waals surface area (Å²) in [5.41, 5.74) is 5.30. The summed E-state index contributed by atoms with van der Waals surface area (Å²) in [4.78, 5) is 2.50. The van der Waals surface area contributed by atoms with Gasteiger partial charge in [0.25, 0.3) is 0 Å². The van der Waals surface area contributed by atoms with E-state index in [0.29, 0.717) is 0 Å². The van der Waals surface area contributed by atoms with Crippen molar-refractivity contribution in [2.45, 2.75) is 31.9 Å². The van der Waals surface area contributed by atoms with Crippen LogP contribution in [0.25, 0.3) is 12.2 Å². The highest BCUT2D eigenvalue weighted by atomic mass is 16.5. The second-order valence-electron chi connectivity index (χ2n) is 6.95. The fourth-order valence-corrected chi connectivity index (χ4v) is 4.05. The van der Waals surface area contributed by atoms with Gasteiger partial charge in [-0.1, -0.05) is 48.9 Å². The van der Waals surface area contributed by atoms with Crippen molar-refractivity contribution >= 4 is 12.2 Å². The van der Waals surface area contributed by atoms with Crippen LogP contribution in [0, 0.1) is 0 Å². The maximum absolute atomic E-state index is 11.0. The number of fused-ring (bicyclic) bond motifs is 2. The molecular formula is C22H25NO2. The molecule has 1 N–H and O–H groups in total. The zero-order valence-corrected chi connectivity index (χ0v) is 14.7. The topological polar surface area (TPSA) is 32.7 Å². The molecule has 0 amide bonds. The van der Waals surface area contributed by atoms with Gasteiger partial charge >= 0.3 is 0 Å². The molecule has 0 bridgehead atoms. The molecule has 1 heterocycles. The number of hydrogen-bond donors (Lipinski definition) is 1. The summed E-state index contributed by atoms with van der Waals surface area (Å²) < 4.78 is 5.66. The number of ether oxygens (including phenoxy) is 1. The molecule has 2 aromatic rings. The number of nitrogens with zero attached hydrogens (tertiary/aromatic N) is 1. The molecule has 0 aromatic heterocycles. The Morgan fingerprint density at radius 3 is 2.60 bits per heavy atom. The lowest BCUT2D eigenvalue weighted by atomic mass is 9.93. The molecule has 3 nitrogen and oxygen atoms in total. The molecule has 1 unspecified atom stereocenters. The Labute approximate surface area is 149 Å². The molecule has 0 saturated carbocycles. The molecule has 0 spiro atoms. The molecule has 2 aromatic carbocycles. The Bertz CT molecular complexity index is 791. The zero-order valence-electron chi connectivity index (χ0n) is 14.7. The van der Waals surface area contributed by atoms with Crippen molar-refractivity contribution in [2.24, 2.45) is 0 Å². The lowest BCUT2D eigenvalue weighted by Crippen LogP contribution is -2.29. The van der Waals surface area contributed by atoms with E-state index < -0.39 is 6.10 Å². The van der Waals surface area contributed by atoms with Crippen LogP contribution in [0.3, 0.4) is 0 Å². The van der Waals surface area contributed by atoms with Crippen LogP contribution >= 0.6 is 0 Å². The highest BCUT2D eigenvalue weighted by Crippen LogP contribution is 2.38. The summed E-state index contributed by atoms with van der Waals surface area (Å²) in [6, 6.07) is 12.1. The standard InChI is InChI=1S/C22H25NO2/c1-25-21-12-11-19-18(20(21)15-23-13-5-2-6-14-23)10-9-16-7-3-4-8-17(16)22(19)24/h3-4,7-12,22,24H,2,5-6,13-15H2,1H3. The van der Waals surface area contributed by atoms with Gasteiger partial charge in [0.15, 0.2) is 0 Å². The third-order valence-electron chi connectivity index (χ3n) is 5.41. The second-order valence-corrected chi connectivity index (χ2v) is 6.95. The van der Waals surface area contributed by atoms with E-state index in [1.54, 1.807) is 7.11 Å². The minimum absolute atomic E-state index is 0.604. The van der Waals surface area contributed by atoms with E-state index in [4.69, 9.17) is 4.74 Å².